The van der Waals surface area contributed by atoms with Gasteiger partial charge in [-0.2, -0.15) is 0 Å². The molecule has 1 unspecified atom stereocenters. The topological polar surface area (TPSA) is 20.2 Å². The van der Waals surface area contributed by atoms with Crippen LogP contribution in [-0.4, -0.2) is 5.11 Å². The Bertz CT molecular complexity index is 394. The third-order valence-corrected chi connectivity index (χ3v) is 4.72. The van der Waals surface area contributed by atoms with Gasteiger partial charge in [0, 0.05) is 5.02 Å². The van der Waals surface area contributed by atoms with E-state index < -0.39 is 6.10 Å². The Morgan fingerprint density at radius 2 is 1.94 bits per heavy atom. The quantitative estimate of drug-likeness (QED) is 0.825. The first-order valence-electron chi connectivity index (χ1n) is 7.06. The largest absolute Gasteiger partial charge is 0.388 e. The smallest absolute Gasteiger partial charge is 0.0832 e. The summed E-state index contributed by atoms with van der Waals surface area (Å²) in [6.07, 6.45) is 5.64. The van der Waals surface area contributed by atoms with Crippen molar-refractivity contribution in [3.05, 3.63) is 34.3 Å². The van der Waals surface area contributed by atoms with E-state index in [1.54, 1.807) is 0 Å². The first-order chi connectivity index (χ1) is 8.61. The van der Waals surface area contributed by atoms with Crippen LogP contribution in [0.1, 0.15) is 56.3 Å². The van der Waals surface area contributed by atoms with Crippen LogP contribution in [-0.2, 0) is 0 Å². The minimum Gasteiger partial charge on any atom is -0.388 e. The lowest BCUT2D eigenvalue weighted by Crippen LogP contribution is -2.20. The molecule has 1 aliphatic carbocycles. The van der Waals surface area contributed by atoms with E-state index in [1.165, 1.54) is 19.3 Å². The fourth-order valence-corrected chi connectivity index (χ4v) is 3.39. The molecule has 100 valence electrons. The number of aliphatic hydroxyl groups excluding tert-OH is 1. The lowest BCUT2D eigenvalue weighted by molar-refractivity contribution is 0.0730. The van der Waals surface area contributed by atoms with Crippen LogP contribution in [0.3, 0.4) is 0 Å². The normalized spacial score (nSPS) is 26.0. The van der Waals surface area contributed by atoms with Gasteiger partial charge < -0.3 is 5.11 Å². The summed E-state index contributed by atoms with van der Waals surface area (Å²) in [6.45, 7) is 4.28. The minimum absolute atomic E-state index is 0.382. The molecule has 0 aromatic heterocycles. The van der Waals surface area contributed by atoms with Gasteiger partial charge in [0.2, 0.25) is 0 Å². The van der Waals surface area contributed by atoms with E-state index in [4.69, 9.17) is 11.6 Å². The molecule has 2 rings (SSSR count). The van der Waals surface area contributed by atoms with Crippen molar-refractivity contribution in [1.82, 2.24) is 0 Å². The summed E-state index contributed by atoms with van der Waals surface area (Å²) in [5, 5.41) is 11.2. The van der Waals surface area contributed by atoms with Crippen LogP contribution in [0, 0.1) is 18.8 Å². The number of halogens is 1. The molecule has 0 heterocycles. The highest BCUT2D eigenvalue weighted by Crippen LogP contribution is 2.39. The predicted molar refractivity (Wildman–Crippen MR) is 76.9 cm³/mol. The Morgan fingerprint density at radius 1 is 1.28 bits per heavy atom. The molecular weight excluding hydrogens is 244 g/mol. The first-order valence-corrected chi connectivity index (χ1v) is 7.43. The van der Waals surface area contributed by atoms with Gasteiger partial charge in [-0.25, -0.2) is 0 Å². The van der Waals surface area contributed by atoms with Gasteiger partial charge in [0.15, 0.2) is 0 Å². The zero-order chi connectivity index (χ0) is 13.1. The number of hydrogen-bond donors (Lipinski definition) is 1. The van der Waals surface area contributed by atoms with E-state index in [0.29, 0.717) is 10.9 Å². The molecule has 1 fully saturated rings. The molecular formula is C16H23ClO. The monoisotopic (exact) mass is 266 g/mol. The fourth-order valence-electron chi connectivity index (χ4n) is 3.04. The van der Waals surface area contributed by atoms with Crippen LogP contribution >= 0.6 is 11.6 Å². The summed E-state index contributed by atoms with van der Waals surface area (Å²) in [4.78, 5) is 0. The molecule has 1 saturated carbocycles. The van der Waals surface area contributed by atoms with Gasteiger partial charge in [0.1, 0.15) is 0 Å². The van der Waals surface area contributed by atoms with E-state index in [2.05, 4.69) is 6.92 Å². The highest BCUT2D eigenvalue weighted by molar-refractivity contribution is 6.31. The molecule has 1 aromatic carbocycles. The van der Waals surface area contributed by atoms with Crippen LogP contribution < -0.4 is 0 Å². The van der Waals surface area contributed by atoms with Crippen LogP contribution in [0.15, 0.2) is 18.2 Å². The number of benzene rings is 1. The van der Waals surface area contributed by atoms with Gasteiger partial charge in [0.25, 0.3) is 0 Å². The molecule has 0 saturated heterocycles. The molecule has 0 amide bonds. The zero-order valence-corrected chi connectivity index (χ0v) is 12.1. The van der Waals surface area contributed by atoms with Gasteiger partial charge in [-0.1, -0.05) is 49.9 Å². The molecule has 18 heavy (non-hydrogen) atoms. The second-order valence-corrected chi connectivity index (χ2v) is 6.07. The average Bonchev–Trinajstić information content (AvgIpc) is 2.38. The SMILES string of the molecule is CCC1CCC(C(O)c2ccc(C)cc2Cl)CC1. The Hall–Kier alpha value is -0.530. The van der Waals surface area contributed by atoms with Gasteiger partial charge in [0.05, 0.1) is 6.10 Å². The summed E-state index contributed by atoms with van der Waals surface area (Å²) in [7, 11) is 0. The summed E-state index contributed by atoms with van der Waals surface area (Å²) < 4.78 is 0. The Morgan fingerprint density at radius 3 is 2.50 bits per heavy atom. The van der Waals surface area contributed by atoms with E-state index in [-0.39, 0.29) is 0 Å². The number of rotatable bonds is 3. The van der Waals surface area contributed by atoms with Gasteiger partial charge in [-0.15, -0.1) is 0 Å². The Labute approximate surface area is 115 Å². The lowest BCUT2D eigenvalue weighted by Gasteiger charge is -2.31. The van der Waals surface area contributed by atoms with E-state index in [1.807, 2.05) is 25.1 Å². The van der Waals surface area contributed by atoms with Crippen molar-refractivity contribution in [2.75, 3.05) is 0 Å². The summed E-state index contributed by atoms with van der Waals surface area (Å²) >= 11 is 6.24. The number of aryl methyl sites for hydroxylation is 1. The molecule has 0 spiro atoms. The molecule has 0 bridgehead atoms. The van der Waals surface area contributed by atoms with Gasteiger partial charge >= 0.3 is 0 Å². The van der Waals surface area contributed by atoms with Gasteiger partial charge in [-0.05, 0) is 48.8 Å². The minimum atomic E-state index is -0.393. The van der Waals surface area contributed by atoms with E-state index in [0.717, 1.165) is 29.9 Å². The summed E-state index contributed by atoms with van der Waals surface area (Å²) in [5.74, 6) is 1.25. The summed E-state index contributed by atoms with van der Waals surface area (Å²) in [6, 6.07) is 5.95. The van der Waals surface area contributed by atoms with Crippen LogP contribution in [0.4, 0.5) is 0 Å². The van der Waals surface area contributed by atoms with Crippen molar-refractivity contribution in [1.29, 1.82) is 0 Å². The van der Waals surface area contributed by atoms with E-state index >= 15 is 0 Å². The molecule has 0 aliphatic heterocycles. The second kappa shape index (κ2) is 6.08. The molecule has 1 atom stereocenters. The van der Waals surface area contributed by atoms with Crippen LogP contribution in [0.2, 0.25) is 5.02 Å². The summed E-state index contributed by atoms with van der Waals surface area (Å²) in [5.41, 5.74) is 2.05. The van der Waals surface area contributed by atoms with Crippen molar-refractivity contribution >= 4 is 11.6 Å². The molecule has 1 nitrogen and oxygen atoms in total. The predicted octanol–water partition coefficient (Wildman–Crippen LogP) is 4.90. The van der Waals surface area contributed by atoms with Gasteiger partial charge in [-0.3, -0.25) is 0 Å². The Kier molecular flexibility index (Phi) is 4.69. The zero-order valence-electron chi connectivity index (χ0n) is 11.3. The number of aliphatic hydroxyl groups is 1. The number of hydrogen-bond acceptors (Lipinski definition) is 1. The highest BCUT2D eigenvalue weighted by Gasteiger charge is 2.27. The molecule has 0 radical (unpaired) electrons. The molecule has 1 aromatic rings. The molecule has 2 heteroatoms. The maximum atomic E-state index is 10.5. The third kappa shape index (κ3) is 3.07. The molecule has 1 N–H and O–H groups in total. The van der Waals surface area contributed by atoms with E-state index in [9.17, 15) is 5.11 Å². The standard InChI is InChI=1S/C16H23ClO/c1-3-12-5-7-13(8-6-12)16(18)14-9-4-11(2)10-15(14)17/h4,9-10,12-13,16,18H,3,5-8H2,1-2H3. The fraction of sp³-hybridized carbons (Fsp3) is 0.625. The molecule has 1 aliphatic rings. The average molecular weight is 267 g/mol. The second-order valence-electron chi connectivity index (χ2n) is 5.66. The van der Waals surface area contributed by atoms with Crippen molar-refractivity contribution in [2.45, 2.75) is 52.1 Å². The maximum absolute atomic E-state index is 10.5. The van der Waals surface area contributed by atoms with Crippen LogP contribution in [0.25, 0.3) is 0 Å². The highest BCUT2D eigenvalue weighted by atomic mass is 35.5. The maximum Gasteiger partial charge on any atom is 0.0832 e. The van der Waals surface area contributed by atoms with Crippen LogP contribution in [0.5, 0.6) is 0 Å². The van der Waals surface area contributed by atoms with Crippen molar-refractivity contribution in [2.24, 2.45) is 11.8 Å². The lowest BCUT2D eigenvalue weighted by atomic mass is 9.77. The van der Waals surface area contributed by atoms with Crippen molar-refractivity contribution in [3.8, 4) is 0 Å². The van der Waals surface area contributed by atoms with Crippen molar-refractivity contribution in [3.63, 3.8) is 0 Å². The third-order valence-electron chi connectivity index (χ3n) is 4.39. The Balaban J connectivity index is 2.05. The van der Waals surface area contributed by atoms with Crippen molar-refractivity contribution < 1.29 is 5.11 Å². The first kappa shape index (κ1) is 13.9.